The number of aryl methyl sites for hydroxylation is 1. The highest BCUT2D eigenvalue weighted by atomic mass is 32.1. The smallest absolute Gasteiger partial charge is 0.197 e. The minimum atomic E-state index is 0.577. The largest absolute Gasteiger partial charge is 0.336 e. The number of benzene rings is 1. The molecule has 71 valence electrons. The van der Waals surface area contributed by atoms with Gasteiger partial charge >= 0.3 is 0 Å². The van der Waals surface area contributed by atoms with Gasteiger partial charge in [-0.1, -0.05) is 30.3 Å². The highest BCUT2D eigenvalue weighted by molar-refractivity contribution is 7.80. The van der Waals surface area contributed by atoms with E-state index in [0.29, 0.717) is 5.11 Å². The van der Waals surface area contributed by atoms with Gasteiger partial charge in [0.1, 0.15) is 0 Å². The van der Waals surface area contributed by atoms with E-state index in [-0.39, 0.29) is 0 Å². The summed E-state index contributed by atoms with van der Waals surface area (Å²) < 4.78 is 0. The van der Waals surface area contributed by atoms with Crippen molar-refractivity contribution in [3.8, 4) is 0 Å². The topological polar surface area (TPSA) is 26.1 Å². The van der Waals surface area contributed by atoms with Gasteiger partial charge in [0.25, 0.3) is 0 Å². The van der Waals surface area contributed by atoms with E-state index in [9.17, 15) is 0 Å². The van der Waals surface area contributed by atoms with Gasteiger partial charge in [-0.25, -0.2) is 5.32 Å². The first-order valence-corrected chi connectivity index (χ1v) is 5.00. The number of hydrogen-bond donors (Lipinski definition) is 1. The molecule has 0 atom stereocenters. The molecule has 1 radical (unpaired) electrons. The van der Waals surface area contributed by atoms with E-state index in [1.165, 1.54) is 5.56 Å². The molecule has 1 aromatic rings. The van der Waals surface area contributed by atoms with E-state index in [4.69, 9.17) is 12.2 Å². The van der Waals surface area contributed by atoms with Crippen LogP contribution in [0.3, 0.4) is 0 Å². The SMILES string of the molecule is S=C1[N]C(CCc2ccccc2)=CN1. The molecule has 1 aliphatic heterocycles. The second kappa shape index (κ2) is 4.24. The van der Waals surface area contributed by atoms with E-state index in [2.05, 4.69) is 34.9 Å². The van der Waals surface area contributed by atoms with Crippen LogP contribution in [0, 0.1) is 0 Å². The summed E-state index contributed by atoms with van der Waals surface area (Å²) in [6.07, 6.45) is 3.84. The van der Waals surface area contributed by atoms with E-state index in [0.717, 1.165) is 18.5 Å². The summed E-state index contributed by atoms with van der Waals surface area (Å²) in [7, 11) is 0. The van der Waals surface area contributed by atoms with Gasteiger partial charge in [-0.05, 0) is 30.6 Å². The first-order valence-electron chi connectivity index (χ1n) is 4.60. The van der Waals surface area contributed by atoms with Gasteiger partial charge in [0, 0.05) is 6.20 Å². The lowest BCUT2D eigenvalue weighted by atomic mass is 10.1. The van der Waals surface area contributed by atoms with E-state index in [1.807, 2.05) is 12.3 Å². The van der Waals surface area contributed by atoms with Crippen molar-refractivity contribution in [3.63, 3.8) is 0 Å². The average Bonchev–Trinajstić information content (AvgIpc) is 2.63. The summed E-state index contributed by atoms with van der Waals surface area (Å²) in [6.45, 7) is 0. The quantitative estimate of drug-likeness (QED) is 0.760. The normalized spacial score (nSPS) is 14.6. The molecule has 1 aliphatic rings. The fraction of sp³-hybridized carbons (Fsp3) is 0.182. The second-order valence-corrected chi connectivity index (χ2v) is 3.57. The minimum Gasteiger partial charge on any atom is -0.336 e. The Balaban J connectivity index is 1.86. The lowest BCUT2D eigenvalue weighted by Gasteiger charge is -2.00. The van der Waals surface area contributed by atoms with Crippen LogP contribution >= 0.6 is 12.2 Å². The first-order chi connectivity index (χ1) is 6.84. The maximum atomic E-state index is 4.90. The van der Waals surface area contributed by atoms with Gasteiger partial charge in [-0.15, -0.1) is 0 Å². The van der Waals surface area contributed by atoms with Crippen molar-refractivity contribution in [1.82, 2.24) is 10.6 Å². The molecule has 0 saturated carbocycles. The van der Waals surface area contributed by atoms with E-state index in [1.54, 1.807) is 0 Å². The second-order valence-electron chi connectivity index (χ2n) is 3.18. The zero-order chi connectivity index (χ0) is 9.80. The van der Waals surface area contributed by atoms with Crippen LogP contribution in [0.5, 0.6) is 0 Å². The third-order valence-electron chi connectivity index (χ3n) is 2.12. The van der Waals surface area contributed by atoms with Crippen molar-refractivity contribution in [2.45, 2.75) is 12.8 Å². The maximum absolute atomic E-state index is 4.90. The first kappa shape index (κ1) is 9.21. The Morgan fingerprint density at radius 3 is 2.57 bits per heavy atom. The number of rotatable bonds is 3. The average molecular weight is 203 g/mol. The molecule has 0 saturated heterocycles. The number of hydrogen-bond acceptors (Lipinski definition) is 1. The molecule has 0 unspecified atom stereocenters. The zero-order valence-electron chi connectivity index (χ0n) is 7.73. The lowest BCUT2D eigenvalue weighted by molar-refractivity contribution is 0.891. The van der Waals surface area contributed by atoms with Gasteiger partial charge in [0.15, 0.2) is 5.11 Å². The third kappa shape index (κ3) is 2.33. The fourth-order valence-electron chi connectivity index (χ4n) is 1.39. The molecule has 1 heterocycles. The Morgan fingerprint density at radius 1 is 1.14 bits per heavy atom. The summed E-state index contributed by atoms with van der Waals surface area (Å²) in [5.41, 5.74) is 2.38. The lowest BCUT2D eigenvalue weighted by Crippen LogP contribution is -2.15. The van der Waals surface area contributed by atoms with Crippen LogP contribution in [0.25, 0.3) is 0 Å². The standard InChI is InChI=1S/C11H11N2S/c14-11-12-8-10(13-11)7-6-9-4-2-1-3-5-9/h1-5,8H,6-7H2,(H,12,14). The molecule has 1 aromatic carbocycles. The monoisotopic (exact) mass is 203 g/mol. The number of nitrogens with zero attached hydrogens (tertiary/aromatic N) is 1. The van der Waals surface area contributed by atoms with Crippen LogP contribution in [0.2, 0.25) is 0 Å². The Morgan fingerprint density at radius 2 is 1.93 bits per heavy atom. The van der Waals surface area contributed by atoms with Gasteiger partial charge in [-0.3, -0.25) is 0 Å². The van der Waals surface area contributed by atoms with Crippen LogP contribution in [-0.4, -0.2) is 5.11 Å². The molecule has 14 heavy (non-hydrogen) atoms. The van der Waals surface area contributed by atoms with Crippen LogP contribution in [0.4, 0.5) is 0 Å². The van der Waals surface area contributed by atoms with Crippen molar-refractivity contribution < 1.29 is 0 Å². The molecule has 2 rings (SSSR count). The molecule has 0 fully saturated rings. The van der Waals surface area contributed by atoms with Gasteiger partial charge in [0.05, 0.1) is 5.70 Å². The predicted molar refractivity (Wildman–Crippen MR) is 60.7 cm³/mol. The van der Waals surface area contributed by atoms with E-state index < -0.39 is 0 Å². The molecule has 1 N–H and O–H groups in total. The molecule has 0 spiro atoms. The number of allylic oxidation sites excluding steroid dienone is 1. The molecule has 0 bridgehead atoms. The Labute approximate surface area is 89.0 Å². The van der Waals surface area contributed by atoms with Gasteiger partial charge in [0.2, 0.25) is 0 Å². The minimum absolute atomic E-state index is 0.577. The zero-order valence-corrected chi connectivity index (χ0v) is 8.55. The summed E-state index contributed by atoms with van der Waals surface area (Å²) in [6, 6.07) is 10.4. The van der Waals surface area contributed by atoms with Crippen LogP contribution in [-0.2, 0) is 6.42 Å². The molecular weight excluding hydrogens is 192 g/mol. The molecule has 0 amide bonds. The Bertz CT molecular complexity index is 357. The van der Waals surface area contributed by atoms with Crippen molar-refractivity contribution in [2.24, 2.45) is 0 Å². The highest BCUT2D eigenvalue weighted by Crippen LogP contribution is 2.09. The van der Waals surface area contributed by atoms with Gasteiger partial charge in [-0.2, -0.15) is 0 Å². The third-order valence-corrected chi connectivity index (χ3v) is 2.33. The summed E-state index contributed by atoms with van der Waals surface area (Å²) in [5.74, 6) is 0. The molecule has 3 heteroatoms. The molecule has 0 aromatic heterocycles. The highest BCUT2D eigenvalue weighted by Gasteiger charge is 2.09. The Kier molecular flexibility index (Phi) is 2.79. The molecular formula is C11H11N2S. The van der Waals surface area contributed by atoms with Crippen LogP contribution < -0.4 is 10.6 Å². The van der Waals surface area contributed by atoms with E-state index >= 15 is 0 Å². The van der Waals surface area contributed by atoms with Crippen molar-refractivity contribution in [1.29, 1.82) is 0 Å². The summed E-state index contributed by atoms with van der Waals surface area (Å²) in [5, 5.41) is 7.67. The van der Waals surface area contributed by atoms with Crippen molar-refractivity contribution in [2.75, 3.05) is 0 Å². The fourth-order valence-corrected chi connectivity index (χ4v) is 1.56. The Hall–Kier alpha value is -1.35. The van der Waals surface area contributed by atoms with Crippen LogP contribution in [0.15, 0.2) is 42.2 Å². The van der Waals surface area contributed by atoms with Crippen molar-refractivity contribution in [3.05, 3.63) is 47.8 Å². The molecule has 0 aliphatic carbocycles. The number of nitrogens with one attached hydrogen (secondary N) is 1. The summed E-state index contributed by atoms with van der Waals surface area (Å²) >= 11 is 4.90. The van der Waals surface area contributed by atoms with Crippen LogP contribution in [0.1, 0.15) is 12.0 Å². The summed E-state index contributed by atoms with van der Waals surface area (Å²) in [4.78, 5) is 0. The maximum Gasteiger partial charge on any atom is 0.197 e. The predicted octanol–water partition coefficient (Wildman–Crippen LogP) is 1.95. The number of thiocarbonyl (C=S) groups is 1. The molecule has 2 nitrogen and oxygen atoms in total. The van der Waals surface area contributed by atoms with Crippen molar-refractivity contribution >= 4 is 17.3 Å². The van der Waals surface area contributed by atoms with Gasteiger partial charge < -0.3 is 5.32 Å².